The summed E-state index contributed by atoms with van der Waals surface area (Å²) in [5.41, 5.74) is 8.36. The van der Waals surface area contributed by atoms with Crippen molar-refractivity contribution in [3.8, 4) is 11.5 Å². The number of nitrogens with zero attached hydrogens (tertiary/aromatic N) is 4. The van der Waals surface area contributed by atoms with Crippen molar-refractivity contribution in [1.29, 1.82) is 0 Å². The van der Waals surface area contributed by atoms with Crippen molar-refractivity contribution in [2.75, 3.05) is 5.73 Å². The number of hydrogen-bond donors (Lipinski definition) is 1. The molecule has 19 heavy (non-hydrogen) atoms. The summed E-state index contributed by atoms with van der Waals surface area (Å²) in [6.07, 6.45) is 2.55. The van der Waals surface area contributed by atoms with E-state index in [2.05, 4.69) is 25.9 Å². The number of benzene rings is 1. The van der Waals surface area contributed by atoms with Gasteiger partial charge in [-0.2, -0.15) is 0 Å². The molecular weight excluding hydrogens is 242 g/mol. The topological polar surface area (TPSA) is 82.8 Å². The monoisotopic (exact) mass is 255 g/mol. The molecule has 0 saturated heterocycles. The van der Waals surface area contributed by atoms with Crippen LogP contribution in [0.2, 0.25) is 0 Å². The lowest BCUT2D eigenvalue weighted by Crippen LogP contribution is -2.03. The molecule has 1 aliphatic carbocycles. The number of nitrogens with two attached hydrogens (primary N) is 1. The summed E-state index contributed by atoms with van der Waals surface area (Å²) < 4.78 is 6.86. The Hall–Kier alpha value is -2.37. The van der Waals surface area contributed by atoms with Crippen molar-refractivity contribution in [2.45, 2.75) is 19.4 Å². The van der Waals surface area contributed by atoms with Gasteiger partial charge in [0.25, 0.3) is 0 Å². The van der Waals surface area contributed by atoms with Crippen LogP contribution in [-0.4, -0.2) is 19.9 Å². The second-order valence-electron chi connectivity index (χ2n) is 4.98. The van der Waals surface area contributed by atoms with Gasteiger partial charge < -0.3 is 10.3 Å². The highest BCUT2D eigenvalue weighted by molar-refractivity contribution is 5.81. The van der Waals surface area contributed by atoms with Gasteiger partial charge >= 0.3 is 0 Å². The normalized spacial score (nSPS) is 15.2. The molecule has 2 aromatic heterocycles. The standard InChI is InChI=1S/C13H13N5O/c14-12-11(16-19-17-12)13-15-9-3-1-2-4-10(9)18(13)7-8-5-6-8/h1-4,8H,5-7H2,(H2,14,17). The molecule has 0 radical (unpaired) electrons. The largest absolute Gasteiger partial charge is 0.379 e. The minimum atomic E-state index is 0.285. The highest BCUT2D eigenvalue weighted by Crippen LogP contribution is 2.34. The number of anilines is 1. The predicted octanol–water partition coefficient (Wildman–Crippen LogP) is 2.08. The summed E-state index contributed by atoms with van der Waals surface area (Å²) in [7, 11) is 0. The van der Waals surface area contributed by atoms with Gasteiger partial charge in [-0.3, -0.25) is 0 Å². The highest BCUT2D eigenvalue weighted by Gasteiger charge is 2.26. The molecule has 0 bridgehead atoms. The van der Waals surface area contributed by atoms with Crippen molar-refractivity contribution in [2.24, 2.45) is 5.92 Å². The number of imidazole rings is 1. The van der Waals surface area contributed by atoms with Crippen LogP contribution in [0.25, 0.3) is 22.6 Å². The molecule has 2 N–H and O–H groups in total. The van der Waals surface area contributed by atoms with Crippen molar-refractivity contribution in [1.82, 2.24) is 19.9 Å². The van der Waals surface area contributed by atoms with Gasteiger partial charge in [-0.15, -0.1) is 0 Å². The molecule has 1 aliphatic rings. The maximum Gasteiger partial charge on any atom is 0.199 e. The molecule has 6 nitrogen and oxygen atoms in total. The van der Waals surface area contributed by atoms with Gasteiger partial charge in [0.1, 0.15) is 0 Å². The van der Waals surface area contributed by atoms with Gasteiger partial charge in [0.2, 0.25) is 0 Å². The molecular formula is C13H13N5O. The highest BCUT2D eigenvalue weighted by atomic mass is 16.6. The molecule has 1 aromatic carbocycles. The average molecular weight is 255 g/mol. The molecule has 2 heterocycles. The number of para-hydroxylation sites is 2. The van der Waals surface area contributed by atoms with Crippen LogP contribution in [0, 0.1) is 5.92 Å². The molecule has 4 rings (SSSR count). The van der Waals surface area contributed by atoms with Gasteiger partial charge in [0.05, 0.1) is 11.0 Å². The third kappa shape index (κ3) is 1.68. The summed E-state index contributed by atoms with van der Waals surface area (Å²) in [5.74, 6) is 1.76. The van der Waals surface area contributed by atoms with Crippen LogP contribution in [0.4, 0.5) is 5.82 Å². The zero-order valence-corrected chi connectivity index (χ0v) is 10.3. The van der Waals surface area contributed by atoms with E-state index in [-0.39, 0.29) is 5.82 Å². The van der Waals surface area contributed by atoms with E-state index < -0.39 is 0 Å². The first-order chi connectivity index (χ1) is 9.33. The van der Waals surface area contributed by atoms with Crippen molar-refractivity contribution in [3.05, 3.63) is 24.3 Å². The SMILES string of the molecule is Nc1nonc1-c1nc2ccccc2n1CC1CC1. The maximum absolute atomic E-state index is 5.79. The molecule has 1 fully saturated rings. The quantitative estimate of drug-likeness (QED) is 0.774. The molecule has 0 atom stereocenters. The lowest BCUT2D eigenvalue weighted by atomic mass is 10.3. The van der Waals surface area contributed by atoms with Gasteiger partial charge in [0, 0.05) is 6.54 Å². The lowest BCUT2D eigenvalue weighted by Gasteiger charge is -2.06. The first kappa shape index (κ1) is 10.5. The smallest absolute Gasteiger partial charge is 0.199 e. The number of nitrogen functional groups attached to an aromatic ring is 1. The average Bonchev–Trinajstić information content (AvgIpc) is 3.03. The van der Waals surface area contributed by atoms with E-state index in [4.69, 9.17) is 10.4 Å². The lowest BCUT2D eigenvalue weighted by molar-refractivity contribution is 0.310. The van der Waals surface area contributed by atoms with Crippen LogP contribution in [0.5, 0.6) is 0 Å². The molecule has 96 valence electrons. The number of aromatic nitrogens is 4. The van der Waals surface area contributed by atoms with Crippen LogP contribution in [0.1, 0.15) is 12.8 Å². The third-order valence-electron chi connectivity index (χ3n) is 3.52. The van der Waals surface area contributed by atoms with Gasteiger partial charge in [-0.1, -0.05) is 12.1 Å². The molecule has 6 heteroatoms. The van der Waals surface area contributed by atoms with Gasteiger partial charge in [-0.25, -0.2) is 9.61 Å². The van der Waals surface area contributed by atoms with Gasteiger partial charge in [-0.05, 0) is 41.2 Å². The van der Waals surface area contributed by atoms with Gasteiger partial charge in [0.15, 0.2) is 17.3 Å². The Balaban J connectivity index is 1.95. The van der Waals surface area contributed by atoms with Crippen molar-refractivity contribution in [3.63, 3.8) is 0 Å². The Morgan fingerprint density at radius 3 is 2.84 bits per heavy atom. The summed E-state index contributed by atoms with van der Waals surface area (Å²) in [5, 5.41) is 7.51. The summed E-state index contributed by atoms with van der Waals surface area (Å²) in [6.45, 7) is 0.947. The Bertz CT molecular complexity index is 740. The van der Waals surface area contributed by atoms with Crippen LogP contribution in [-0.2, 0) is 6.54 Å². The molecule has 0 aliphatic heterocycles. The summed E-state index contributed by atoms with van der Waals surface area (Å²) >= 11 is 0. The molecule has 3 aromatic rings. The Morgan fingerprint density at radius 1 is 1.26 bits per heavy atom. The predicted molar refractivity (Wildman–Crippen MR) is 70.2 cm³/mol. The maximum atomic E-state index is 5.79. The van der Waals surface area contributed by atoms with E-state index in [1.807, 2.05) is 18.2 Å². The van der Waals surface area contributed by atoms with Crippen molar-refractivity contribution >= 4 is 16.9 Å². The number of rotatable bonds is 3. The first-order valence-corrected chi connectivity index (χ1v) is 6.36. The Labute approximate surface area is 109 Å². The fraction of sp³-hybridized carbons (Fsp3) is 0.308. The van der Waals surface area contributed by atoms with Crippen LogP contribution >= 0.6 is 0 Å². The zero-order valence-electron chi connectivity index (χ0n) is 10.3. The molecule has 1 saturated carbocycles. The van der Waals surface area contributed by atoms with E-state index in [0.717, 1.165) is 29.3 Å². The zero-order chi connectivity index (χ0) is 12.8. The summed E-state index contributed by atoms with van der Waals surface area (Å²) in [6, 6.07) is 8.05. The van der Waals surface area contributed by atoms with Crippen LogP contribution in [0.3, 0.4) is 0 Å². The Morgan fingerprint density at radius 2 is 2.11 bits per heavy atom. The molecule has 0 amide bonds. The van der Waals surface area contributed by atoms with E-state index >= 15 is 0 Å². The first-order valence-electron chi connectivity index (χ1n) is 6.36. The van der Waals surface area contributed by atoms with E-state index in [0.29, 0.717) is 5.69 Å². The minimum Gasteiger partial charge on any atom is -0.379 e. The molecule has 0 unspecified atom stereocenters. The second-order valence-corrected chi connectivity index (χ2v) is 4.98. The second kappa shape index (κ2) is 3.81. The fourth-order valence-electron chi connectivity index (χ4n) is 2.35. The fourth-order valence-corrected chi connectivity index (χ4v) is 2.35. The Kier molecular flexibility index (Phi) is 2.11. The van der Waals surface area contributed by atoms with E-state index in [1.54, 1.807) is 0 Å². The van der Waals surface area contributed by atoms with Crippen LogP contribution < -0.4 is 5.73 Å². The minimum absolute atomic E-state index is 0.285. The van der Waals surface area contributed by atoms with Crippen LogP contribution in [0.15, 0.2) is 28.9 Å². The van der Waals surface area contributed by atoms with E-state index in [1.165, 1.54) is 12.8 Å². The van der Waals surface area contributed by atoms with Crippen molar-refractivity contribution < 1.29 is 4.63 Å². The van der Waals surface area contributed by atoms with E-state index in [9.17, 15) is 0 Å². The number of hydrogen-bond acceptors (Lipinski definition) is 5. The third-order valence-corrected chi connectivity index (χ3v) is 3.52. The molecule has 0 spiro atoms. The summed E-state index contributed by atoms with van der Waals surface area (Å²) in [4.78, 5) is 4.62. The number of fused-ring (bicyclic) bond motifs is 1.